The van der Waals surface area contributed by atoms with Gasteiger partial charge in [-0.3, -0.25) is 0 Å². The lowest BCUT2D eigenvalue weighted by Crippen LogP contribution is -2.45. The number of hydrogen-bond donors (Lipinski definition) is 1. The van der Waals surface area contributed by atoms with Crippen LogP contribution in [0.4, 0.5) is 0 Å². The molecule has 0 aromatic heterocycles. The molecule has 2 saturated carbocycles. The van der Waals surface area contributed by atoms with Crippen LogP contribution in [0.1, 0.15) is 72.1 Å². The summed E-state index contributed by atoms with van der Waals surface area (Å²) in [6, 6.07) is 0.275. The smallest absolute Gasteiger partial charge is 0.0732 e. The summed E-state index contributed by atoms with van der Waals surface area (Å²) in [6.07, 6.45) is 11.0. The quantitative estimate of drug-likeness (QED) is 0.831. The third kappa shape index (κ3) is 4.19. The lowest BCUT2D eigenvalue weighted by Gasteiger charge is -2.39. The summed E-state index contributed by atoms with van der Waals surface area (Å²) in [5.41, 5.74) is 6.30. The topological polar surface area (TPSA) is 35.2 Å². The normalized spacial score (nSPS) is 40.6. The lowest BCUT2D eigenvalue weighted by molar-refractivity contribution is -0.0749. The molecule has 19 heavy (non-hydrogen) atoms. The second-order valence-corrected chi connectivity index (χ2v) is 7.22. The van der Waals surface area contributed by atoms with Crippen molar-refractivity contribution in [2.45, 2.75) is 90.4 Å². The Morgan fingerprint density at radius 3 is 2.58 bits per heavy atom. The van der Waals surface area contributed by atoms with Crippen LogP contribution in [0.2, 0.25) is 0 Å². The van der Waals surface area contributed by atoms with Crippen LogP contribution >= 0.6 is 0 Å². The molecule has 0 bridgehead atoms. The fourth-order valence-electron chi connectivity index (χ4n) is 3.93. The van der Waals surface area contributed by atoms with Gasteiger partial charge in [0, 0.05) is 6.04 Å². The van der Waals surface area contributed by atoms with E-state index in [-0.39, 0.29) is 6.04 Å². The fourth-order valence-corrected chi connectivity index (χ4v) is 3.93. The van der Waals surface area contributed by atoms with E-state index in [1.807, 2.05) is 0 Å². The Balaban J connectivity index is 1.85. The molecule has 0 aromatic rings. The SMILES string of the molecule is CCC1CCCC(OC2CC(C(C)C)CCC2N)C1. The third-order valence-electron chi connectivity index (χ3n) is 5.51. The largest absolute Gasteiger partial charge is 0.373 e. The maximum atomic E-state index is 6.43. The van der Waals surface area contributed by atoms with Crippen LogP contribution in [0, 0.1) is 17.8 Å². The molecule has 0 radical (unpaired) electrons. The summed E-state index contributed by atoms with van der Waals surface area (Å²) in [7, 11) is 0. The molecule has 0 saturated heterocycles. The number of hydrogen-bond acceptors (Lipinski definition) is 2. The van der Waals surface area contributed by atoms with Gasteiger partial charge in [-0.05, 0) is 49.9 Å². The van der Waals surface area contributed by atoms with E-state index < -0.39 is 0 Å². The van der Waals surface area contributed by atoms with Gasteiger partial charge in [0.05, 0.1) is 12.2 Å². The van der Waals surface area contributed by atoms with Crippen molar-refractivity contribution in [3.8, 4) is 0 Å². The molecule has 0 aromatic carbocycles. The van der Waals surface area contributed by atoms with E-state index in [0.717, 1.165) is 24.2 Å². The van der Waals surface area contributed by atoms with E-state index in [1.165, 1.54) is 44.9 Å². The Labute approximate surface area is 119 Å². The van der Waals surface area contributed by atoms with Crippen LogP contribution in [-0.2, 0) is 4.74 Å². The molecular formula is C17H33NO. The Morgan fingerprint density at radius 2 is 1.89 bits per heavy atom. The van der Waals surface area contributed by atoms with Crippen molar-refractivity contribution >= 4 is 0 Å². The molecule has 5 unspecified atom stereocenters. The van der Waals surface area contributed by atoms with E-state index in [1.54, 1.807) is 0 Å². The average Bonchev–Trinajstić information content (AvgIpc) is 2.41. The van der Waals surface area contributed by atoms with Gasteiger partial charge in [0.1, 0.15) is 0 Å². The van der Waals surface area contributed by atoms with Crippen LogP contribution in [0.5, 0.6) is 0 Å². The molecule has 2 fully saturated rings. The van der Waals surface area contributed by atoms with E-state index in [9.17, 15) is 0 Å². The van der Waals surface area contributed by atoms with Crippen LogP contribution in [-0.4, -0.2) is 18.2 Å². The van der Waals surface area contributed by atoms with Crippen molar-refractivity contribution in [1.82, 2.24) is 0 Å². The van der Waals surface area contributed by atoms with Crippen molar-refractivity contribution in [3.63, 3.8) is 0 Å². The van der Waals surface area contributed by atoms with Crippen LogP contribution in [0.15, 0.2) is 0 Å². The number of rotatable bonds is 4. The zero-order valence-electron chi connectivity index (χ0n) is 13.1. The Morgan fingerprint density at radius 1 is 1.11 bits per heavy atom. The van der Waals surface area contributed by atoms with Crippen molar-refractivity contribution in [2.75, 3.05) is 0 Å². The highest BCUT2D eigenvalue weighted by atomic mass is 16.5. The molecule has 0 spiro atoms. The summed E-state index contributed by atoms with van der Waals surface area (Å²) >= 11 is 0. The van der Waals surface area contributed by atoms with Gasteiger partial charge in [0.15, 0.2) is 0 Å². The average molecular weight is 267 g/mol. The van der Waals surface area contributed by atoms with Crippen molar-refractivity contribution in [1.29, 1.82) is 0 Å². The van der Waals surface area contributed by atoms with Gasteiger partial charge in [-0.25, -0.2) is 0 Å². The van der Waals surface area contributed by atoms with Gasteiger partial charge < -0.3 is 10.5 Å². The highest BCUT2D eigenvalue weighted by Gasteiger charge is 2.33. The molecule has 5 atom stereocenters. The fraction of sp³-hybridized carbons (Fsp3) is 1.00. The summed E-state index contributed by atoms with van der Waals surface area (Å²) in [5, 5.41) is 0. The first-order chi connectivity index (χ1) is 9.10. The summed E-state index contributed by atoms with van der Waals surface area (Å²) < 4.78 is 6.43. The van der Waals surface area contributed by atoms with Crippen LogP contribution in [0.3, 0.4) is 0 Å². The highest BCUT2D eigenvalue weighted by Crippen LogP contribution is 2.35. The first kappa shape index (κ1) is 15.3. The second-order valence-electron chi connectivity index (χ2n) is 7.22. The molecule has 0 amide bonds. The standard InChI is InChI=1S/C17H33NO/c1-4-13-6-5-7-15(10-13)19-17-11-14(12(2)3)8-9-16(17)18/h12-17H,4-11,18H2,1-3H3. The molecule has 2 aliphatic carbocycles. The van der Waals surface area contributed by atoms with Crippen molar-refractivity contribution < 1.29 is 4.74 Å². The highest BCUT2D eigenvalue weighted by molar-refractivity contribution is 4.86. The first-order valence-corrected chi connectivity index (χ1v) is 8.51. The minimum Gasteiger partial charge on any atom is -0.373 e. The predicted octanol–water partition coefficient (Wildman–Crippen LogP) is 4.12. The number of ether oxygens (including phenoxy) is 1. The minimum absolute atomic E-state index is 0.275. The zero-order valence-corrected chi connectivity index (χ0v) is 13.1. The molecule has 2 N–H and O–H groups in total. The van der Waals surface area contributed by atoms with Gasteiger partial charge in [0.2, 0.25) is 0 Å². The van der Waals surface area contributed by atoms with Crippen LogP contribution < -0.4 is 5.73 Å². The molecule has 2 rings (SSSR count). The molecular weight excluding hydrogens is 234 g/mol. The molecule has 0 heterocycles. The minimum atomic E-state index is 0.275. The van der Waals surface area contributed by atoms with Gasteiger partial charge >= 0.3 is 0 Å². The maximum absolute atomic E-state index is 6.43. The Hall–Kier alpha value is -0.0800. The van der Waals surface area contributed by atoms with E-state index in [0.29, 0.717) is 12.2 Å². The van der Waals surface area contributed by atoms with Gasteiger partial charge in [0.25, 0.3) is 0 Å². The summed E-state index contributed by atoms with van der Waals surface area (Å²) in [6.45, 7) is 6.99. The molecule has 0 aliphatic heterocycles. The predicted molar refractivity (Wildman–Crippen MR) is 81.1 cm³/mol. The first-order valence-electron chi connectivity index (χ1n) is 8.51. The molecule has 112 valence electrons. The third-order valence-corrected chi connectivity index (χ3v) is 5.51. The Bertz CT molecular complexity index is 266. The lowest BCUT2D eigenvalue weighted by atomic mass is 9.78. The second kappa shape index (κ2) is 7.08. The Kier molecular flexibility index (Phi) is 5.70. The maximum Gasteiger partial charge on any atom is 0.0732 e. The molecule has 2 heteroatoms. The van der Waals surface area contributed by atoms with Gasteiger partial charge in [-0.1, -0.05) is 40.0 Å². The van der Waals surface area contributed by atoms with Crippen LogP contribution in [0.25, 0.3) is 0 Å². The van der Waals surface area contributed by atoms with Gasteiger partial charge in [-0.15, -0.1) is 0 Å². The zero-order chi connectivity index (χ0) is 13.8. The number of nitrogens with two attached hydrogens (primary N) is 1. The van der Waals surface area contributed by atoms with Crippen molar-refractivity contribution in [3.05, 3.63) is 0 Å². The monoisotopic (exact) mass is 267 g/mol. The van der Waals surface area contributed by atoms with Crippen molar-refractivity contribution in [2.24, 2.45) is 23.5 Å². The van der Waals surface area contributed by atoms with E-state index >= 15 is 0 Å². The van der Waals surface area contributed by atoms with E-state index in [2.05, 4.69) is 20.8 Å². The van der Waals surface area contributed by atoms with E-state index in [4.69, 9.17) is 10.5 Å². The summed E-state index contributed by atoms with van der Waals surface area (Å²) in [4.78, 5) is 0. The molecule has 2 aliphatic rings. The molecule has 2 nitrogen and oxygen atoms in total. The summed E-state index contributed by atoms with van der Waals surface area (Å²) in [5.74, 6) is 2.48. The van der Waals surface area contributed by atoms with Gasteiger partial charge in [-0.2, -0.15) is 0 Å².